The van der Waals surface area contributed by atoms with Crippen LogP contribution in [0.15, 0.2) is 24.3 Å². The van der Waals surface area contributed by atoms with Gasteiger partial charge in [-0.1, -0.05) is 0 Å². The van der Waals surface area contributed by atoms with E-state index in [2.05, 4.69) is 15.5 Å². The lowest BCUT2D eigenvalue weighted by Crippen LogP contribution is -2.40. The van der Waals surface area contributed by atoms with Gasteiger partial charge in [-0.05, 0) is 76.6 Å². The molecule has 23 heavy (non-hydrogen) atoms. The van der Waals surface area contributed by atoms with Crippen LogP contribution in [0.1, 0.15) is 19.8 Å². The predicted octanol–water partition coefficient (Wildman–Crippen LogP) is 2.38. The van der Waals surface area contributed by atoms with E-state index >= 15 is 0 Å². The molecule has 2 N–H and O–H groups in total. The Bertz CT molecular complexity index is 459. The van der Waals surface area contributed by atoms with Gasteiger partial charge >= 0.3 is 0 Å². The number of halogens is 1. The molecule has 1 saturated heterocycles. The highest BCUT2D eigenvalue weighted by molar-refractivity contribution is 5.92. The normalized spacial score (nSPS) is 15.7. The van der Waals surface area contributed by atoms with Gasteiger partial charge in [-0.3, -0.25) is 9.69 Å². The largest absolute Gasteiger partial charge is 0.494 e. The molecule has 0 bridgehead atoms. The van der Waals surface area contributed by atoms with Crippen molar-refractivity contribution in [2.24, 2.45) is 5.92 Å². The van der Waals surface area contributed by atoms with E-state index in [4.69, 9.17) is 4.74 Å². The van der Waals surface area contributed by atoms with Gasteiger partial charge in [-0.2, -0.15) is 0 Å². The van der Waals surface area contributed by atoms with Crippen molar-refractivity contribution in [2.75, 3.05) is 45.2 Å². The number of likely N-dealkylation sites (tertiary alicyclic amines) is 1. The molecule has 0 unspecified atom stereocenters. The molecule has 0 aliphatic carbocycles. The number of anilines is 1. The number of hydrogen-bond acceptors (Lipinski definition) is 4. The molecule has 0 spiro atoms. The van der Waals surface area contributed by atoms with Crippen LogP contribution in [0, 0.1) is 5.92 Å². The first-order valence-electron chi connectivity index (χ1n) is 8.11. The van der Waals surface area contributed by atoms with Gasteiger partial charge in [0.25, 0.3) is 0 Å². The Labute approximate surface area is 145 Å². The maximum atomic E-state index is 12.1. The van der Waals surface area contributed by atoms with Crippen molar-refractivity contribution in [3.63, 3.8) is 0 Å². The standard InChI is InChI=1S/C17H27N3O2.ClH/c1-3-22-16-6-4-15(5-7-16)19-17(21)13-20-10-8-14(9-11-20)12-18-2;/h4-7,14,18H,3,8-13H2,1-2H3,(H,19,21);1H. The molecule has 1 aliphatic rings. The van der Waals surface area contributed by atoms with E-state index in [1.54, 1.807) is 0 Å². The number of benzene rings is 1. The first-order chi connectivity index (χ1) is 10.7. The topological polar surface area (TPSA) is 53.6 Å². The number of carbonyl (C=O) groups excluding carboxylic acids is 1. The van der Waals surface area contributed by atoms with E-state index in [0.29, 0.717) is 13.2 Å². The Morgan fingerprint density at radius 3 is 2.48 bits per heavy atom. The minimum Gasteiger partial charge on any atom is -0.494 e. The van der Waals surface area contributed by atoms with Crippen molar-refractivity contribution in [2.45, 2.75) is 19.8 Å². The molecule has 1 amide bonds. The first-order valence-corrected chi connectivity index (χ1v) is 8.11. The minimum absolute atomic E-state index is 0. The summed E-state index contributed by atoms with van der Waals surface area (Å²) < 4.78 is 5.39. The third-order valence-electron chi connectivity index (χ3n) is 4.02. The number of ether oxygens (including phenoxy) is 1. The monoisotopic (exact) mass is 341 g/mol. The molecule has 1 aromatic carbocycles. The summed E-state index contributed by atoms with van der Waals surface area (Å²) in [5.41, 5.74) is 0.818. The number of amides is 1. The van der Waals surface area contributed by atoms with Crippen LogP contribution in [-0.2, 0) is 4.79 Å². The van der Waals surface area contributed by atoms with Crippen LogP contribution in [0.25, 0.3) is 0 Å². The SMILES string of the molecule is CCOc1ccc(NC(=O)CN2CCC(CNC)CC2)cc1.Cl. The summed E-state index contributed by atoms with van der Waals surface area (Å²) in [6.45, 7) is 6.16. The molecular formula is C17H28ClN3O2. The zero-order valence-electron chi connectivity index (χ0n) is 14.0. The van der Waals surface area contributed by atoms with Crippen molar-refractivity contribution >= 4 is 24.0 Å². The summed E-state index contributed by atoms with van der Waals surface area (Å²) >= 11 is 0. The summed E-state index contributed by atoms with van der Waals surface area (Å²) in [6, 6.07) is 7.51. The van der Waals surface area contributed by atoms with E-state index in [1.807, 2.05) is 38.2 Å². The number of hydrogen-bond donors (Lipinski definition) is 2. The Morgan fingerprint density at radius 1 is 1.26 bits per heavy atom. The molecule has 0 aromatic heterocycles. The lowest BCUT2D eigenvalue weighted by Gasteiger charge is -2.31. The highest BCUT2D eigenvalue weighted by Gasteiger charge is 2.20. The van der Waals surface area contributed by atoms with E-state index in [0.717, 1.165) is 49.8 Å². The Kier molecular flexibility index (Phi) is 8.99. The lowest BCUT2D eigenvalue weighted by molar-refractivity contribution is -0.117. The van der Waals surface area contributed by atoms with Gasteiger partial charge in [0.05, 0.1) is 13.2 Å². The van der Waals surface area contributed by atoms with E-state index in [-0.39, 0.29) is 18.3 Å². The van der Waals surface area contributed by atoms with Crippen molar-refractivity contribution < 1.29 is 9.53 Å². The van der Waals surface area contributed by atoms with Gasteiger partial charge in [0.15, 0.2) is 0 Å². The highest BCUT2D eigenvalue weighted by atomic mass is 35.5. The number of rotatable bonds is 7. The second-order valence-corrected chi connectivity index (χ2v) is 5.78. The van der Waals surface area contributed by atoms with E-state index in [1.165, 1.54) is 0 Å². The summed E-state index contributed by atoms with van der Waals surface area (Å²) in [7, 11) is 2.00. The summed E-state index contributed by atoms with van der Waals surface area (Å²) in [5, 5.41) is 6.18. The number of piperidine rings is 1. The fourth-order valence-electron chi connectivity index (χ4n) is 2.84. The third-order valence-corrected chi connectivity index (χ3v) is 4.02. The molecule has 1 fully saturated rings. The average molecular weight is 342 g/mol. The number of nitrogens with zero attached hydrogens (tertiary/aromatic N) is 1. The van der Waals surface area contributed by atoms with E-state index < -0.39 is 0 Å². The Morgan fingerprint density at radius 2 is 1.91 bits per heavy atom. The van der Waals surface area contributed by atoms with E-state index in [9.17, 15) is 4.79 Å². The molecule has 1 aromatic rings. The van der Waals surface area contributed by atoms with Crippen molar-refractivity contribution in [3.8, 4) is 5.75 Å². The molecule has 1 aliphatic heterocycles. The minimum atomic E-state index is 0. The van der Waals surface area contributed by atoms with Crippen molar-refractivity contribution in [1.29, 1.82) is 0 Å². The molecule has 1 heterocycles. The van der Waals surface area contributed by atoms with Crippen LogP contribution in [0.2, 0.25) is 0 Å². The predicted molar refractivity (Wildman–Crippen MR) is 96.6 cm³/mol. The zero-order chi connectivity index (χ0) is 15.8. The van der Waals surface area contributed by atoms with Crippen molar-refractivity contribution in [1.82, 2.24) is 10.2 Å². The van der Waals surface area contributed by atoms with Crippen LogP contribution < -0.4 is 15.4 Å². The second-order valence-electron chi connectivity index (χ2n) is 5.78. The van der Waals surface area contributed by atoms with Crippen molar-refractivity contribution in [3.05, 3.63) is 24.3 Å². The van der Waals surface area contributed by atoms with Crippen LogP contribution in [0.4, 0.5) is 5.69 Å². The van der Waals surface area contributed by atoms with Crippen LogP contribution in [0.3, 0.4) is 0 Å². The number of carbonyl (C=O) groups is 1. The Hall–Kier alpha value is -1.30. The fraction of sp³-hybridized carbons (Fsp3) is 0.588. The molecule has 0 atom stereocenters. The molecule has 2 rings (SSSR count). The number of nitrogens with one attached hydrogen (secondary N) is 2. The summed E-state index contributed by atoms with van der Waals surface area (Å²) in [6.07, 6.45) is 2.33. The summed E-state index contributed by atoms with van der Waals surface area (Å²) in [5.74, 6) is 1.62. The van der Waals surface area contributed by atoms with Gasteiger partial charge in [0.2, 0.25) is 5.91 Å². The molecule has 130 valence electrons. The van der Waals surface area contributed by atoms with Gasteiger partial charge < -0.3 is 15.4 Å². The van der Waals surface area contributed by atoms with Crippen LogP contribution in [0.5, 0.6) is 5.75 Å². The van der Waals surface area contributed by atoms with Gasteiger partial charge in [0.1, 0.15) is 5.75 Å². The average Bonchev–Trinajstić information content (AvgIpc) is 2.52. The molecular weight excluding hydrogens is 314 g/mol. The lowest BCUT2D eigenvalue weighted by atomic mass is 9.97. The second kappa shape index (κ2) is 10.5. The van der Waals surface area contributed by atoms with Gasteiger partial charge in [-0.25, -0.2) is 0 Å². The molecule has 6 heteroatoms. The maximum absolute atomic E-state index is 12.1. The molecule has 0 saturated carbocycles. The third kappa shape index (κ3) is 6.77. The van der Waals surface area contributed by atoms with Crippen LogP contribution in [-0.4, -0.2) is 50.6 Å². The molecule has 0 radical (unpaired) electrons. The first kappa shape index (κ1) is 19.7. The maximum Gasteiger partial charge on any atom is 0.238 e. The zero-order valence-corrected chi connectivity index (χ0v) is 14.8. The summed E-state index contributed by atoms with van der Waals surface area (Å²) in [4.78, 5) is 14.3. The van der Waals surface area contributed by atoms with Gasteiger partial charge in [-0.15, -0.1) is 12.4 Å². The molecule has 5 nitrogen and oxygen atoms in total. The fourth-order valence-corrected chi connectivity index (χ4v) is 2.84. The van der Waals surface area contributed by atoms with Gasteiger partial charge in [0, 0.05) is 5.69 Å². The van der Waals surface area contributed by atoms with Crippen LogP contribution >= 0.6 is 12.4 Å². The quantitative estimate of drug-likeness (QED) is 0.799. The smallest absolute Gasteiger partial charge is 0.238 e. The highest BCUT2D eigenvalue weighted by Crippen LogP contribution is 2.17. The Balaban J connectivity index is 0.00000264.